The number of benzene rings is 1. The van der Waals surface area contributed by atoms with Gasteiger partial charge in [-0.1, -0.05) is 24.3 Å². The second kappa shape index (κ2) is 4.66. The van der Waals surface area contributed by atoms with Gasteiger partial charge >= 0.3 is 0 Å². The van der Waals surface area contributed by atoms with Crippen molar-refractivity contribution in [1.29, 1.82) is 0 Å². The Kier molecular flexibility index (Phi) is 3.25. The van der Waals surface area contributed by atoms with E-state index in [4.69, 9.17) is 0 Å². The molecule has 86 valence electrons. The Hall–Kier alpha value is -1.35. The molecule has 0 spiro atoms. The summed E-state index contributed by atoms with van der Waals surface area (Å²) in [5.41, 5.74) is 2.77. The van der Waals surface area contributed by atoms with Crippen molar-refractivity contribution < 1.29 is 4.79 Å². The zero-order valence-electron chi connectivity index (χ0n) is 9.86. The standard InChI is InChI=1S/C13H18N2O/c1-10(13(16)14-2)15-8-7-11-5-3-4-6-12(11)9-15/h3-6,10H,7-9H2,1-2H3,(H,14,16)/t10-/m0/s1. The van der Waals surface area contributed by atoms with Crippen LogP contribution < -0.4 is 5.32 Å². The molecule has 3 heteroatoms. The number of amides is 1. The zero-order valence-corrected chi connectivity index (χ0v) is 9.86. The number of likely N-dealkylation sites (N-methyl/N-ethyl adjacent to an activating group) is 1. The summed E-state index contributed by atoms with van der Waals surface area (Å²) in [5, 5.41) is 2.71. The van der Waals surface area contributed by atoms with E-state index in [1.54, 1.807) is 7.05 Å². The predicted octanol–water partition coefficient (Wildman–Crippen LogP) is 1.18. The van der Waals surface area contributed by atoms with Crippen LogP contribution >= 0.6 is 0 Å². The van der Waals surface area contributed by atoms with Crippen LogP contribution in [0.25, 0.3) is 0 Å². The van der Waals surface area contributed by atoms with Gasteiger partial charge in [0, 0.05) is 20.1 Å². The van der Waals surface area contributed by atoms with E-state index in [1.807, 2.05) is 6.92 Å². The Labute approximate surface area is 96.5 Å². The molecule has 0 aromatic heterocycles. The van der Waals surface area contributed by atoms with E-state index >= 15 is 0 Å². The van der Waals surface area contributed by atoms with Gasteiger partial charge in [0.25, 0.3) is 0 Å². The van der Waals surface area contributed by atoms with Crippen LogP contribution in [-0.2, 0) is 17.8 Å². The van der Waals surface area contributed by atoms with E-state index in [9.17, 15) is 4.79 Å². The Morgan fingerprint density at radius 1 is 1.38 bits per heavy atom. The maximum absolute atomic E-state index is 11.6. The Morgan fingerprint density at radius 2 is 2.06 bits per heavy atom. The Balaban J connectivity index is 2.10. The first-order valence-electron chi connectivity index (χ1n) is 5.75. The number of nitrogens with one attached hydrogen (secondary N) is 1. The zero-order chi connectivity index (χ0) is 11.5. The molecule has 2 rings (SSSR count). The predicted molar refractivity (Wildman–Crippen MR) is 64.1 cm³/mol. The Bertz CT molecular complexity index is 389. The lowest BCUT2D eigenvalue weighted by atomic mass is 9.99. The van der Waals surface area contributed by atoms with Gasteiger partial charge in [-0.05, 0) is 24.5 Å². The third kappa shape index (κ3) is 2.09. The molecule has 16 heavy (non-hydrogen) atoms. The first-order chi connectivity index (χ1) is 7.72. The second-order valence-corrected chi connectivity index (χ2v) is 4.28. The minimum absolute atomic E-state index is 0.0432. The summed E-state index contributed by atoms with van der Waals surface area (Å²) in [6.07, 6.45) is 1.04. The lowest BCUT2D eigenvalue weighted by molar-refractivity contribution is -0.125. The molecule has 1 aromatic rings. The van der Waals surface area contributed by atoms with E-state index in [0.29, 0.717) is 0 Å². The van der Waals surface area contributed by atoms with Gasteiger partial charge in [-0.15, -0.1) is 0 Å². The molecule has 0 unspecified atom stereocenters. The van der Waals surface area contributed by atoms with Crippen molar-refractivity contribution in [3.8, 4) is 0 Å². The number of hydrogen-bond acceptors (Lipinski definition) is 2. The van der Waals surface area contributed by atoms with Crippen LogP contribution in [0, 0.1) is 0 Å². The highest BCUT2D eigenvalue weighted by Gasteiger charge is 2.24. The third-order valence-corrected chi connectivity index (χ3v) is 3.33. The average Bonchev–Trinajstić information content (AvgIpc) is 2.36. The van der Waals surface area contributed by atoms with Gasteiger partial charge in [-0.3, -0.25) is 9.69 Å². The fourth-order valence-electron chi connectivity index (χ4n) is 2.22. The quantitative estimate of drug-likeness (QED) is 0.808. The third-order valence-electron chi connectivity index (χ3n) is 3.33. The molecule has 0 fully saturated rings. The summed E-state index contributed by atoms with van der Waals surface area (Å²) in [5.74, 6) is 0.0966. The fraction of sp³-hybridized carbons (Fsp3) is 0.462. The first-order valence-corrected chi connectivity index (χ1v) is 5.75. The molecule has 3 nitrogen and oxygen atoms in total. The monoisotopic (exact) mass is 218 g/mol. The van der Waals surface area contributed by atoms with E-state index in [2.05, 4.69) is 34.5 Å². The van der Waals surface area contributed by atoms with Gasteiger partial charge in [-0.2, -0.15) is 0 Å². The molecule has 1 N–H and O–H groups in total. The number of hydrogen-bond donors (Lipinski definition) is 1. The highest BCUT2D eigenvalue weighted by molar-refractivity contribution is 5.81. The minimum atomic E-state index is -0.0432. The summed E-state index contributed by atoms with van der Waals surface area (Å²) >= 11 is 0. The maximum Gasteiger partial charge on any atom is 0.236 e. The SMILES string of the molecule is CNC(=O)[C@H](C)N1CCc2ccccc2C1. The van der Waals surface area contributed by atoms with Crippen molar-refractivity contribution >= 4 is 5.91 Å². The van der Waals surface area contributed by atoms with Crippen molar-refractivity contribution in [3.05, 3.63) is 35.4 Å². The fourth-order valence-corrected chi connectivity index (χ4v) is 2.22. The molecule has 0 saturated carbocycles. The number of carbonyl (C=O) groups is 1. The molecule has 1 aliphatic heterocycles. The minimum Gasteiger partial charge on any atom is -0.358 e. The van der Waals surface area contributed by atoms with Gasteiger partial charge in [0.05, 0.1) is 6.04 Å². The molecule has 1 aromatic carbocycles. The first kappa shape index (κ1) is 11.1. The maximum atomic E-state index is 11.6. The van der Waals surface area contributed by atoms with Gasteiger partial charge in [0.2, 0.25) is 5.91 Å². The van der Waals surface area contributed by atoms with E-state index < -0.39 is 0 Å². The molecule has 1 amide bonds. The second-order valence-electron chi connectivity index (χ2n) is 4.28. The van der Waals surface area contributed by atoms with Crippen LogP contribution in [-0.4, -0.2) is 30.4 Å². The van der Waals surface area contributed by atoms with Crippen molar-refractivity contribution in [1.82, 2.24) is 10.2 Å². The van der Waals surface area contributed by atoms with Crippen LogP contribution in [0.15, 0.2) is 24.3 Å². The van der Waals surface area contributed by atoms with E-state index in [0.717, 1.165) is 19.5 Å². The summed E-state index contributed by atoms with van der Waals surface area (Å²) in [7, 11) is 1.69. The summed E-state index contributed by atoms with van der Waals surface area (Å²) in [4.78, 5) is 13.8. The summed E-state index contributed by atoms with van der Waals surface area (Å²) < 4.78 is 0. The van der Waals surface area contributed by atoms with Gasteiger partial charge < -0.3 is 5.32 Å². The van der Waals surface area contributed by atoms with Crippen molar-refractivity contribution in [2.24, 2.45) is 0 Å². The van der Waals surface area contributed by atoms with E-state index in [1.165, 1.54) is 11.1 Å². The molecular formula is C13H18N2O. The van der Waals surface area contributed by atoms with Crippen LogP contribution in [0.3, 0.4) is 0 Å². The Morgan fingerprint density at radius 3 is 2.75 bits per heavy atom. The van der Waals surface area contributed by atoms with Crippen molar-refractivity contribution in [3.63, 3.8) is 0 Å². The van der Waals surface area contributed by atoms with Crippen LogP contribution in [0.4, 0.5) is 0 Å². The molecule has 1 heterocycles. The molecule has 1 atom stereocenters. The summed E-state index contributed by atoms with van der Waals surface area (Å²) in [6.45, 7) is 3.81. The van der Waals surface area contributed by atoms with Gasteiger partial charge in [-0.25, -0.2) is 0 Å². The number of nitrogens with zero attached hydrogens (tertiary/aromatic N) is 1. The molecule has 0 radical (unpaired) electrons. The largest absolute Gasteiger partial charge is 0.358 e. The smallest absolute Gasteiger partial charge is 0.236 e. The number of rotatable bonds is 2. The van der Waals surface area contributed by atoms with Crippen molar-refractivity contribution in [2.75, 3.05) is 13.6 Å². The number of fused-ring (bicyclic) bond motifs is 1. The van der Waals surface area contributed by atoms with Gasteiger partial charge in [0.15, 0.2) is 0 Å². The van der Waals surface area contributed by atoms with Crippen LogP contribution in [0.5, 0.6) is 0 Å². The molecule has 0 aliphatic carbocycles. The highest BCUT2D eigenvalue weighted by atomic mass is 16.2. The average molecular weight is 218 g/mol. The van der Waals surface area contributed by atoms with Crippen molar-refractivity contribution in [2.45, 2.75) is 25.9 Å². The van der Waals surface area contributed by atoms with Crippen LogP contribution in [0.1, 0.15) is 18.1 Å². The number of carbonyl (C=O) groups excluding carboxylic acids is 1. The molecule has 0 saturated heterocycles. The van der Waals surface area contributed by atoms with E-state index in [-0.39, 0.29) is 11.9 Å². The lowest BCUT2D eigenvalue weighted by Gasteiger charge is -2.32. The molecule has 0 bridgehead atoms. The van der Waals surface area contributed by atoms with Crippen LogP contribution in [0.2, 0.25) is 0 Å². The normalized spacial score (nSPS) is 17.6. The molecule has 1 aliphatic rings. The van der Waals surface area contributed by atoms with Gasteiger partial charge in [0.1, 0.15) is 0 Å². The lowest BCUT2D eigenvalue weighted by Crippen LogP contribution is -2.46. The highest BCUT2D eigenvalue weighted by Crippen LogP contribution is 2.20. The summed E-state index contributed by atoms with van der Waals surface area (Å²) in [6, 6.07) is 8.43. The molecular weight excluding hydrogens is 200 g/mol. The topological polar surface area (TPSA) is 32.3 Å².